The molecule has 118 valence electrons. The van der Waals surface area contributed by atoms with E-state index in [-0.39, 0.29) is 18.5 Å². The quantitative estimate of drug-likeness (QED) is 0.792. The van der Waals surface area contributed by atoms with Gasteiger partial charge in [0.05, 0.1) is 6.04 Å². The van der Waals surface area contributed by atoms with Gasteiger partial charge in [0, 0.05) is 18.3 Å². The lowest BCUT2D eigenvalue weighted by Crippen LogP contribution is -2.43. The Hall–Kier alpha value is -2.40. The third kappa shape index (κ3) is 3.05. The fourth-order valence-electron chi connectivity index (χ4n) is 2.95. The molecule has 2 aromatic carbocycles. The highest BCUT2D eigenvalue weighted by atomic mass is 32.1. The third-order valence-electron chi connectivity index (χ3n) is 3.99. The van der Waals surface area contributed by atoms with Gasteiger partial charge in [-0.05, 0) is 30.8 Å². The Bertz CT molecular complexity index is 745. The van der Waals surface area contributed by atoms with Gasteiger partial charge in [0.2, 0.25) is 5.91 Å². The minimum atomic E-state index is -0.106. The number of carbonyl (C=O) groups excluding carboxylic acids is 1. The van der Waals surface area contributed by atoms with Crippen molar-refractivity contribution in [3.8, 4) is 0 Å². The predicted molar refractivity (Wildman–Crippen MR) is 96.5 cm³/mol. The van der Waals surface area contributed by atoms with Crippen LogP contribution in [0.5, 0.6) is 0 Å². The van der Waals surface area contributed by atoms with E-state index in [1.807, 2.05) is 35.2 Å². The summed E-state index contributed by atoms with van der Waals surface area (Å²) >= 11 is 5.46. The summed E-state index contributed by atoms with van der Waals surface area (Å²) in [5.74, 6) is -0.0638. The van der Waals surface area contributed by atoms with E-state index in [0.717, 1.165) is 22.4 Å². The van der Waals surface area contributed by atoms with Crippen LogP contribution in [0.3, 0.4) is 0 Å². The molecule has 0 bridgehead atoms. The second-order valence-electron chi connectivity index (χ2n) is 5.64. The van der Waals surface area contributed by atoms with E-state index in [2.05, 4.69) is 35.8 Å². The molecule has 2 N–H and O–H groups in total. The van der Waals surface area contributed by atoms with Crippen molar-refractivity contribution in [3.05, 3.63) is 65.2 Å². The van der Waals surface area contributed by atoms with Gasteiger partial charge in [-0.15, -0.1) is 0 Å². The molecule has 1 heterocycles. The summed E-state index contributed by atoms with van der Waals surface area (Å²) in [4.78, 5) is 14.2. The van der Waals surface area contributed by atoms with Crippen LogP contribution in [0, 0.1) is 6.92 Å². The Morgan fingerprint density at radius 3 is 2.70 bits per heavy atom. The van der Waals surface area contributed by atoms with Gasteiger partial charge in [0.15, 0.2) is 5.11 Å². The standard InChI is InChI=1S/C18H19N3OS/c1-12-8-9-15-14(10-12)17(13-6-4-3-5-7-13)21(18(23)19-2)11-16(22)20-15/h3-10,17H,11H2,1-2H3,(H,19,23)(H,20,22)/t17-/m1/s1. The lowest BCUT2D eigenvalue weighted by Gasteiger charge is -2.32. The summed E-state index contributed by atoms with van der Waals surface area (Å²) < 4.78 is 0. The number of benzene rings is 2. The maximum absolute atomic E-state index is 12.3. The topological polar surface area (TPSA) is 44.4 Å². The van der Waals surface area contributed by atoms with Crippen LogP contribution in [0.25, 0.3) is 0 Å². The fraction of sp³-hybridized carbons (Fsp3) is 0.222. The van der Waals surface area contributed by atoms with Crippen LogP contribution in [-0.2, 0) is 4.79 Å². The molecule has 0 fully saturated rings. The predicted octanol–water partition coefficient (Wildman–Crippen LogP) is 2.84. The van der Waals surface area contributed by atoms with Crippen molar-refractivity contribution in [2.45, 2.75) is 13.0 Å². The van der Waals surface area contributed by atoms with E-state index in [9.17, 15) is 4.79 Å². The summed E-state index contributed by atoms with van der Waals surface area (Å²) in [5, 5.41) is 6.55. The third-order valence-corrected chi connectivity index (χ3v) is 4.43. The zero-order valence-electron chi connectivity index (χ0n) is 13.2. The van der Waals surface area contributed by atoms with Crippen molar-refractivity contribution >= 4 is 28.9 Å². The molecule has 0 saturated carbocycles. The van der Waals surface area contributed by atoms with Gasteiger partial charge >= 0.3 is 0 Å². The molecule has 2 aromatic rings. The number of fused-ring (bicyclic) bond motifs is 1. The number of hydrogen-bond acceptors (Lipinski definition) is 2. The number of hydrogen-bond donors (Lipinski definition) is 2. The number of nitrogens with zero attached hydrogens (tertiary/aromatic N) is 1. The smallest absolute Gasteiger partial charge is 0.244 e. The van der Waals surface area contributed by atoms with Gasteiger partial charge < -0.3 is 15.5 Å². The average Bonchev–Trinajstić information content (AvgIpc) is 2.70. The van der Waals surface area contributed by atoms with Crippen LogP contribution in [0.2, 0.25) is 0 Å². The molecule has 0 aromatic heterocycles. The molecule has 4 nitrogen and oxygen atoms in total. The number of rotatable bonds is 1. The largest absolute Gasteiger partial charge is 0.366 e. The minimum absolute atomic E-state index is 0.0638. The van der Waals surface area contributed by atoms with Crippen LogP contribution >= 0.6 is 12.2 Å². The molecule has 1 aliphatic rings. The molecular formula is C18H19N3OS. The zero-order valence-corrected chi connectivity index (χ0v) is 14.0. The molecule has 0 aliphatic carbocycles. The van der Waals surface area contributed by atoms with E-state index in [4.69, 9.17) is 12.2 Å². The van der Waals surface area contributed by atoms with E-state index < -0.39 is 0 Å². The first-order chi connectivity index (χ1) is 11.1. The van der Waals surface area contributed by atoms with Crippen molar-refractivity contribution in [2.75, 3.05) is 18.9 Å². The highest BCUT2D eigenvalue weighted by Gasteiger charge is 2.31. The Kier molecular flexibility index (Phi) is 4.30. The van der Waals surface area contributed by atoms with Gasteiger partial charge in [-0.2, -0.15) is 0 Å². The first-order valence-electron chi connectivity index (χ1n) is 7.54. The summed E-state index contributed by atoms with van der Waals surface area (Å²) in [7, 11) is 1.78. The van der Waals surface area contributed by atoms with Gasteiger partial charge in [-0.3, -0.25) is 4.79 Å². The van der Waals surface area contributed by atoms with Crippen molar-refractivity contribution in [2.24, 2.45) is 0 Å². The number of carbonyl (C=O) groups is 1. The van der Waals surface area contributed by atoms with Crippen LogP contribution in [0.15, 0.2) is 48.5 Å². The van der Waals surface area contributed by atoms with E-state index in [1.54, 1.807) is 7.05 Å². The molecule has 0 unspecified atom stereocenters. The fourth-order valence-corrected chi connectivity index (χ4v) is 3.12. The average molecular weight is 325 g/mol. The first-order valence-corrected chi connectivity index (χ1v) is 7.94. The van der Waals surface area contributed by atoms with Crippen molar-refractivity contribution < 1.29 is 4.79 Å². The molecule has 1 aliphatic heterocycles. The van der Waals surface area contributed by atoms with Gasteiger partial charge in [0.1, 0.15) is 6.54 Å². The van der Waals surface area contributed by atoms with Gasteiger partial charge in [-0.25, -0.2) is 0 Å². The second-order valence-corrected chi connectivity index (χ2v) is 6.02. The first kappa shape index (κ1) is 15.5. The number of amides is 1. The molecule has 3 rings (SSSR count). The number of thiocarbonyl (C=S) groups is 1. The summed E-state index contributed by atoms with van der Waals surface area (Å²) in [6.45, 7) is 2.27. The Morgan fingerprint density at radius 2 is 2.00 bits per heavy atom. The molecular weight excluding hydrogens is 306 g/mol. The Morgan fingerprint density at radius 1 is 1.26 bits per heavy atom. The molecule has 0 spiro atoms. The van der Waals surface area contributed by atoms with Crippen molar-refractivity contribution in [3.63, 3.8) is 0 Å². The zero-order chi connectivity index (χ0) is 16.4. The highest BCUT2D eigenvalue weighted by Crippen LogP contribution is 2.36. The SMILES string of the molecule is CNC(=S)N1CC(=O)Nc2ccc(C)cc2[C@H]1c1ccccc1. The van der Waals surface area contributed by atoms with Crippen LogP contribution in [-0.4, -0.2) is 29.5 Å². The summed E-state index contributed by atoms with van der Waals surface area (Å²) in [6, 6.07) is 16.1. The van der Waals surface area contributed by atoms with Crippen LogP contribution in [0.1, 0.15) is 22.7 Å². The number of nitrogens with one attached hydrogen (secondary N) is 2. The number of anilines is 1. The monoisotopic (exact) mass is 325 g/mol. The Balaban J connectivity index is 2.21. The summed E-state index contributed by atoms with van der Waals surface area (Å²) in [6.07, 6.45) is 0. The maximum Gasteiger partial charge on any atom is 0.244 e. The van der Waals surface area contributed by atoms with Crippen molar-refractivity contribution in [1.82, 2.24) is 10.2 Å². The van der Waals surface area contributed by atoms with Crippen LogP contribution in [0.4, 0.5) is 5.69 Å². The lowest BCUT2D eigenvalue weighted by molar-refractivity contribution is -0.116. The van der Waals surface area contributed by atoms with Gasteiger partial charge in [-0.1, -0.05) is 48.0 Å². The molecule has 23 heavy (non-hydrogen) atoms. The molecule has 1 amide bonds. The molecule has 0 radical (unpaired) electrons. The highest BCUT2D eigenvalue weighted by molar-refractivity contribution is 7.80. The Labute approximate surface area is 141 Å². The molecule has 0 saturated heterocycles. The maximum atomic E-state index is 12.3. The van der Waals surface area contributed by atoms with Crippen molar-refractivity contribution in [1.29, 1.82) is 0 Å². The normalized spacial score (nSPS) is 17.0. The van der Waals surface area contributed by atoms with Crippen LogP contribution < -0.4 is 10.6 Å². The lowest BCUT2D eigenvalue weighted by atomic mass is 9.95. The van der Waals surface area contributed by atoms with E-state index in [0.29, 0.717) is 5.11 Å². The molecule has 5 heteroatoms. The summed E-state index contributed by atoms with van der Waals surface area (Å²) in [5.41, 5.74) is 4.15. The van der Waals surface area contributed by atoms with E-state index in [1.165, 1.54) is 0 Å². The minimum Gasteiger partial charge on any atom is -0.366 e. The van der Waals surface area contributed by atoms with E-state index >= 15 is 0 Å². The second kappa shape index (κ2) is 6.38. The molecule has 1 atom stereocenters. The van der Waals surface area contributed by atoms with Gasteiger partial charge in [0.25, 0.3) is 0 Å². The number of aryl methyl sites for hydroxylation is 1.